The predicted octanol–water partition coefficient (Wildman–Crippen LogP) is 3.40. The van der Waals surface area contributed by atoms with Crippen LogP contribution in [-0.4, -0.2) is 43.5 Å². The molecule has 0 heterocycles. The van der Waals surface area contributed by atoms with E-state index in [1.165, 1.54) is 0 Å². The van der Waals surface area contributed by atoms with Gasteiger partial charge in [-0.2, -0.15) is 13.2 Å². The van der Waals surface area contributed by atoms with Crippen LogP contribution in [0.15, 0.2) is 23.2 Å². The third kappa shape index (κ3) is 8.51. The average molecular weight is 389 g/mol. The molecule has 1 aromatic rings. The summed E-state index contributed by atoms with van der Waals surface area (Å²) in [6.07, 6.45) is -3.60. The number of hydrogen-bond donors (Lipinski definition) is 3. The van der Waals surface area contributed by atoms with Crippen LogP contribution in [0.4, 0.5) is 13.2 Å². The van der Waals surface area contributed by atoms with Crippen molar-refractivity contribution in [3.05, 3.63) is 29.3 Å². The molecule has 0 bridgehead atoms. The van der Waals surface area contributed by atoms with Crippen LogP contribution in [0.5, 0.6) is 5.75 Å². The molecule has 27 heavy (non-hydrogen) atoms. The van der Waals surface area contributed by atoms with Crippen molar-refractivity contribution in [1.29, 1.82) is 0 Å². The van der Waals surface area contributed by atoms with E-state index in [1.54, 1.807) is 19.1 Å². The van der Waals surface area contributed by atoms with E-state index < -0.39 is 12.8 Å². The van der Waals surface area contributed by atoms with E-state index in [9.17, 15) is 18.3 Å². The second-order valence-corrected chi connectivity index (χ2v) is 6.89. The molecule has 1 unspecified atom stereocenters. The molecule has 1 atom stereocenters. The lowest BCUT2D eigenvalue weighted by atomic mass is 9.89. The first-order valence-electron chi connectivity index (χ1n) is 9.04. The molecule has 0 fully saturated rings. The lowest BCUT2D eigenvalue weighted by Gasteiger charge is -2.27. The number of aliphatic imine (C=N–C) groups is 1. The Morgan fingerprint density at radius 3 is 2.48 bits per heavy atom. The highest BCUT2D eigenvalue weighted by Gasteiger charge is 2.28. The molecule has 5 nitrogen and oxygen atoms in total. The molecule has 0 aliphatic rings. The number of nitrogens with zero attached hydrogens (tertiary/aromatic N) is 1. The van der Waals surface area contributed by atoms with Crippen molar-refractivity contribution in [2.24, 2.45) is 10.4 Å². The number of guanidine groups is 1. The van der Waals surface area contributed by atoms with Crippen LogP contribution < -0.4 is 15.4 Å². The second-order valence-electron chi connectivity index (χ2n) is 6.89. The summed E-state index contributed by atoms with van der Waals surface area (Å²) >= 11 is 0. The van der Waals surface area contributed by atoms with Crippen molar-refractivity contribution in [1.82, 2.24) is 10.6 Å². The summed E-state index contributed by atoms with van der Waals surface area (Å²) < 4.78 is 42.4. The van der Waals surface area contributed by atoms with Crippen LogP contribution in [0.3, 0.4) is 0 Å². The molecular formula is C19H30F3N3O2. The van der Waals surface area contributed by atoms with E-state index in [0.29, 0.717) is 24.6 Å². The van der Waals surface area contributed by atoms with E-state index >= 15 is 0 Å². The highest BCUT2D eigenvalue weighted by atomic mass is 19.4. The monoisotopic (exact) mass is 389 g/mol. The highest BCUT2D eigenvalue weighted by molar-refractivity contribution is 5.79. The van der Waals surface area contributed by atoms with Crippen LogP contribution in [0, 0.1) is 12.3 Å². The maximum Gasteiger partial charge on any atom is 0.422 e. The molecule has 1 rings (SSSR count). The van der Waals surface area contributed by atoms with Crippen molar-refractivity contribution >= 4 is 5.96 Å². The van der Waals surface area contributed by atoms with Gasteiger partial charge in [0.15, 0.2) is 12.6 Å². The molecule has 0 amide bonds. The minimum atomic E-state index is -4.39. The topological polar surface area (TPSA) is 65.9 Å². The van der Waals surface area contributed by atoms with E-state index in [2.05, 4.69) is 15.6 Å². The molecule has 0 aliphatic carbocycles. The fraction of sp³-hybridized carbons (Fsp3) is 0.632. The zero-order chi connectivity index (χ0) is 20.5. The van der Waals surface area contributed by atoms with E-state index in [1.807, 2.05) is 26.8 Å². The Balaban J connectivity index is 2.89. The van der Waals surface area contributed by atoms with Crippen molar-refractivity contribution in [2.45, 2.75) is 46.8 Å². The van der Waals surface area contributed by atoms with E-state index in [0.717, 1.165) is 12.0 Å². The molecule has 0 aromatic heterocycles. The van der Waals surface area contributed by atoms with Crippen LogP contribution in [-0.2, 0) is 6.54 Å². The molecule has 0 radical (unpaired) electrons. The quantitative estimate of drug-likeness (QED) is 0.447. The summed E-state index contributed by atoms with van der Waals surface area (Å²) in [6, 6.07) is 5.11. The van der Waals surface area contributed by atoms with Crippen molar-refractivity contribution in [3.8, 4) is 5.75 Å². The van der Waals surface area contributed by atoms with Crippen LogP contribution >= 0.6 is 0 Å². The van der Waals surface area contributed by atoms with Crippen molar-refractivity contribution < 1.29 is 23.0 Å². The fourth-order valence-corrected chi connectivity index (χ4v) is 2.18. The highest BCUT2D eigenvalue weighted by Crippen LogP contribution is 2.24. The zero-order valence-corrected chi connectivity index (χ0v) is 16.4. The lowest BCUT2D eigenvalue weighted by Crippen LogP contribution is -2.43. The molecule has 0 saturated heterocycles. The summed E-state index contributed by atoms with van der Waals surface area (Å²) in [7, 11) is 0. The SMILES string of the molecule is CCNC(=NCc1ccc(C)cc1OCC(F)(F)F)NCC(C)(CC)CO. The van der Waals surface area contributed by atoms with Gasteiger partial charge in [-0.3, -0.25) is 0 Å². The fourth-order valence-electron chi connectivity index (χ4n) is 2.18. The van der Waals surface area contributed by atoms with Crippen LogP contribution in [0.2, 0.25) is 0 Å². The number of aliphatic hydroxyl groups is 1. The van der Waals surface area contributed by atoms with Crippen molar-refractivity contribution in [3.63, 3.8) is 0 Å². The Kier molecular flexibility index (Phi) is 8.88. The first-order valence-corrected chi connectivity index (χ1v) is 9.04. The third-order valence-corrected chi connectivity index (χ3v) is 4.28. The Labute approximate surface area is 159 Å². The molecule has 0 saturated carbocycles. The number of hydrogen-bond acceptors (Lipinski definition) is 3. The number of nitrogens with one attached hydrogen (secondary N) is 2. The Hall–Kier alpha value is -1.96. The smallest absolute Gasteiger partial charge is 0.422 e. The van der Waals surface area contributed by atoms with Crippen molar-refractivity contribution in [2.75, 3.05) is 26.3 Å². The van der Waals surface area contributed by atoms with Gasteiger partial charge in [0, 0.05) is 24.1 Å². The molecule has 0 aliphatic heterocycles. The summed E-state index contributed by atoms with van der Waals surface area (Å²) in [5.41, 5.74) is 1.11. The summed E-state index contributed by atoms with van der Waals surface area (Å²) in [5.74, 6) is 0.716. The largest absolute Gasteiger partial charge is 0.484 e. The Morgan fingerprint density at radius 2 is 1.93 bits per heavy atom. The average Bonchev–Trinajstić information content (AvgIpc) is 2.62. The first-order chi connectivity index (χ1) is 12.6. The molecular weight excluding hydrogens is 359 g/mol. The summed E-state index contributed by atoms with van der Waals surface area (Å²) in [4.78, 5) is 4.44. The van der Waals surface area contributed by atoms with Gasteiger partial charge < -0.3 is 20.5 Å². The molecule has 1 aromatic carbocycles. The molecule has 154 valence electrons. The number of aliphatic hydroxyl groups excluding tert-OH is 1. The standard InChI is InChI=1S/C19H30F3N3O2/c1-5-18(4,12-26)11-25-17(23-6-2)24-10-15-8-7-14(3)9-16(15)27-13-19(20,21)22/h7-9,26H,5-6,10-13H2,1-4H3,(H2,23,24,25). The van der Waals surface area contributed by atoms with Gasteiger partial charge in [0.1, 0.15) is 5.75 Å². The normalized spacial score (nSPS) is 14.6. The van der Waals surface area contributed by atoms with Gasteiger partial charge in [0.2, 0.25) is 0 Å². The number of ether oxygens (including phenoxy) is 1. The predicted molar refractivity (Wildman–Crippen MR) is 101 cm³/mol. The van der Waals surface area contributed by atoms with Gasteiger partial charge >= 0.3 is 6.18 Å². The van der Waals surface area contributed by atoms with Gasteiger partial charge in [-0.15, -0.1) is 0 Å². The molecule has 0 spiro atoms. The number of halogens is 3. The molecule has 3 N–H and O–H groups in total. The third-order valence-electron chi connectivity index (χ3n) is 4.28. The second kappa shape index (κ2) is 10.4. The van der Waals surface area contributed by atoms with Gasteiger partial charge in [0.25, 0.3) is 0 Å². The van der Waals surface area contributed by atoms with Gasteiger partial charge in [-0.25, -0.2) is 4.99 Å². The number of rotatable bonds is 9. The van der Waals surface area contributed by atoms with Gasteiger partial charge in [-0.05, 0) is 31.9 Å². The molecule has 8 heteroatoms. The Bertz CT molecular complexity index is 615. The maximum absolute atomic E-state index is 12.5. The zero-order valence-electron chi connectivity index (χ0n) is 16.4. The summed E-state index contributed by atoms with van der Waals surface area (Å²) in [5, 5.41) is 15.8. The summed E-state index contributed by atoms with van der Waals surface area (Å²) in [6.45, 7) is 7.72. The first kappa shape index (κ1) is 23.1. The van der Waals surface area contributed by atoms with Gasteiger partial charge in [0.05, 0.1) is 13.2 Å². The lowest BCUT2D eigenvalue weighted by molar-refractivity contribution is -0.153. The number of benzene rings is 1. The number of alkyl halides is 3. The minimum Gasteiger partial charge on any atom is -0.484 e. The Morgan fingerprint density at radius 1 is 1.22 bits per heavy atom. The van der Waals surface area contributed by atoms with E-state index in [-0.39, 0.29) is 24.3 Å². The van der Waals surface area contributed by atoms with Crippen LogP contribution in [0.1, 0.15) is 38.3 Å². The minimum absolute atomic E-state index is 0.0449. The maximum atomic E-state index is 12.5. The van der Waals surface area contributed by atoms with Gasteiger partial charge in [-0.1, -0.05) is 26.0 Å². The van der Waals surface area contributed by atoms with E-state index in [4.69, 9.17) is 4.74 Å². The number of aryl methyl sites for hydroxylation is 1. The van der Waals surface area contributed by atoms with Crippen LogP contribution in [0.25, 0.3) is 0 Å².